The second kappa shape index (κ2) is 5.36. The molecule has 0 unspecified atom stereocenters. The number of nitrogens with two attached hydrogens (primary N) is 1. The molecule has 1 aromatic heterocycles. The SMILES string of the molecule is COc1ccc(Br)c(-c2cc(N)n[nH]2)c1OCC1CC1. The molecule has 1 heterocycles. The number of nitrogens with zero attached hydrogens (tertiary/aromatic N) is 1. The Kier molecular flexibility index (Phi) is 3.56. The summed E-state index contributed by atoms with van der Waals surface area (Å²) in [6, 6.07) is 5.59. The Bertz CT molecular complexity index is 623. The molecule has 1 aliphatic rings. The van der Waals surface area contributed by atoms with Gasteiger partial charge in [-0.05, 0) is 46.8 Å². The van der Waals surface area contributed by atoms with Gasteiger partial charge in [0.05, 0.1) is 25.0 Å². The van der Waals surface area contributed by atoms with Crippen LogP contribution in [0.1, 0.15) is 12.8 Å². The number of nitrogen functional groups attached to an aromatic ring is 1. The van der Waals surface area contributed by atoms with Gasteiger partial charge in [0.1, 0.15) is 5.82 Å². The van der Waals surface area contributed by atoms with E-state index in [4.69, 9.17) is 15.2 Å². The monoisotopic (exact) mass is 337 g/mol. The molecular formula is C14H16BrN3O2. The van der Waals surface area contributed by atoms with Gasteiger partial charge in [0.2, 0.25) is 0 Å². The Balaban J connectivity index is 2.04. The molecule has 0 aliphatic heterocycles. The van der Waals surface area contributed by atoms with Crippen molar-refractivity contribution in [3.05, 3.63) is 22.7 Å². The van der Waals surface area contributed by atoms with E-state index >= 15 is 0 Å². The second-order valence-electron chi connectivity index (χ2n) is 4.91. The standard InChI is InChI=1S/C14H16BrN3O2/c1-19-11-5-4-9(15)13(10-6-12(16)18-17-10)14(11)20-7-8-2-3-8/h4-6,8H,2-3,7H2,1H3,(H3,16,17,18). The number of aromatic nitrogens is 2. The number of anilines is 1. The molecule has 2 aromatic rings. The van der Waals surface area contributed by atoms with Crippen LogP contribution in [0, 0.1) is 5.92 Å². The third kappa shape index (κ3) is 2.60. The van der Waals surface area contributed by atoms with Gasteiger partial charge in [0.15, 0.2) is 11.5 Å². The smallest absolute Gasteiger partial charge is 0.171 e. The van der Waals surface area contributed by atoms with Crippen molar-refractivity contribution in [3.8, 4) is 22.8 Å². The molecule has 0 amide bonds. The molecular weight excluding hydrogens is 322 g/mol. The molecule has 1 aromatic carbocycles. The molecule has 106 valence electrons. The first kappa shape index (κ1) is 13.3. The van der Waals surface area contributed by atoms with Crippen molar-refractivity contribution < 1.29 is 9.47 Å². The highest BCUT2D eigenvalue weighted by atomic mass is 79.9. The van der Waals surface area contributed by atoms with E-state index in [0.29, 0.717) is 24.1 Å². The van der Waals surface area contributed by atoms with Crippen LogP contribution in [0.4, 0.5) is 5.82 Å². The van der Waals surface area contributed by atoms with Gasteiger partial charge in [-0.15, -0.1) is 0 Å². The first-order valence-corrected chi connectivity index (χ1v) is 7.29. The summed E-state index contributed by atoms with van der Waals surface area (Å²) in [7, 11) is 1.64. The van der Waals surface area contributed by atoms with E-state index in [2.05, 4.69) is 26.1 Å². The minimum Gasteiger partial charge on any atom is -0.493 e. The van der Waals surface area contributed by atoms with Crippen LogP contribution >= 0.6 is 15.9 Å². The van der Waals surface area contributed by atoms with Gasteiger partial charge in [-0.2, -0.15) is 5.10 Å². The molecule has 20 heavy (non-hydrogen) atoms. The van der Waals surface area contributed by atoms with Crippen LogP contribution in [0.15, 0.2) is 22.7 Å². The average Bonchev–Trinajstić information content (AvgIpc) is 3.17. The van der Waals surface area contributed by atoms with Crippen molar-refractivity contribution in [2.75, 3.05) is 19.5 Å². The van der Waals surface area contributed by atoms with Gasteiger partial charge in [0.25, 0.3) is 0 Å². The number of methoxy groups -OCH3 is 1. The van der Waals surface area contributed by atoms with Crippen molar-refractivity contribution in [1.29, 1.82) is 0 Å². The molecule has 0 spiro atoms. The van der Waals surface area contributed by atoms with Crippen molar-refractivity contribution in [2.24, 2.45) is 5.92 Å². The van der Waals surface area contributed by atoms with E-state index in [9.17, 15) is 0 Å². The summed E-state index contributed by atoms with van der Waals surface area (Å²) in [5.74, 6) is 2.54. The molecule has 3 N–H and O–H groups in total. The molecule has 0 bridgehead atoms. The fraction of sp³-hybridized carbons (Fsp3) is 0.357. The van der Waals surface area contributed by atoms with E-state index < -0.39 is 0 Å². The Morgan fingerprint density at radius 3 is 2.85 bits per heavy atom. The molecule has 1 saturated carbocycles. The number of hydrogen-bond donors (Lipinski definition) is 2. The van der Waals surface area contributed by atoms with Gasteiger partial charge >= 0.3 is 0 Å². The highest BCUT2D eigenvalue weighted by Gasteiger charge is 2.24. The summed E-state index contributed by atoms with van der Waals surface area (Å²) in [6.45, 7) is 0.712. The number of rotatable bonds is 5. The molecule has 0 radical (unpaired) electrons. The van der Waals surface area contributed by atoms with E-state index in [1.807, 2.05) is 12.1 Å². The maximum Gasteiger partial charge on any atom is 0.171 e. The number of hydrogen-bond acceptors (Lipinski definition) is 4. The van der Waals surface area contributed by atoms with Crippen LogP contribution in [-0.4, -0.2) is 23.9 Å². The van der Waals surface area contributed by atoms with E-state index in [0.717, 1.165) is 21.5 Å². The summed E-state index contributed by atoms with van der Waals surface area (Å²) in [6.07, 6.45) is 2.48. The van der Waals surface area contributed by atoms with E-state index in [-0.39, 0.29) is 0 Å². The molecule has 5 nitrogen and oxygen atoms in total. The second-order valence-corrected chi connectivity index (χ2v) is 5.77. The quantitative estimate of drug-likeness (QED) is 0.878. The van der Waals surface area contributed by atoms with Crippen LogP contribution in [0.3, 0.4) is 0 Å². The van der Waals surface area contributed by atoms with Crippen LogP contribution in [-0.2, 0) is 0 Å². The largest absolute Gasteiger partial charge is 0.493 e. The molecule has 1 aliphatic carbocycles. The molecule has 0 atom stereocenters. The summed E-state index contributed by atoms with van der Waals surface area (Å²) in [5.41, 5.74) is 7.38. The van der Waals surface area contributed by atoms with Crippen LogP contribution in [0.25, 0.3) is 11.3 Å². The Morgan fingerprint density at radius 1 is 1.45 bits per heavy atom. The predicted molar refractivity (Wildman–Crippen MR) is 80.9 cm³/mol. The zero-order valence-electron chi connectivity index (χ0n) is 11.1. The van der Waals surface area contributed by atoms with Gasteiger partial charge in [0, 0.05) is 10.5 Å². The minimum atomic E-state index is 0.447. The molecule has 3 rings (SSSR count). The first-order chi connectivity index (χ1) is 9.69. The highest BCUT2D eigenvalue weighted by Crippen LogP contribution is 2.43. The van der Waals surface area contributed by atoms with Crippen LogP contribution < -0.4 is 15.2 Å². The maximum absolute atomic E-state index is 5.98. The predicted octanol–water partition coefficient (Wildman–Crippen LogP) is 3.22. The van der Waals surface area contributed by atoms with Gasteiger partial charge in [-0.3, -0.25) is 5.10 Å². The highest BCUT2D eigenvalue weighted by molar-refractivity contribution is 9.10. The van der Waals surface area contributed by atoms with Crippen molar-refractivity contribution in [1.82, 2.24) is 10.2 Å². The lowest BCUT2D eigenvalue weighted by molar-refractivity contribution is 0.281. The summed E-state index contributed by atoms with van der Waals surface area (Å²) in [5, 5.41) is 6.89. The van der Waals surface area contributed by atoms with Gasteiger partial charge in [-0.1, -0.05) is 0 Å². The number of aromatic amines is 1. The number of halogens is 1. The fourth-order valence-electron chi connectivity index (χ4n) is 2.05. The zero-order chi connectivity index (χ0) is 14.1. The first-order valence-electron chi connectivity index (χ1n) is 6.49. The average molecular weight is 338 g/mol. The van der Waals surface area contributed by atoms with E-state index in [1.165, 1.54) is 12.8 Å². The molecule has 0 saturated heterocycles. The zero-order valence-corrected chi connectivity index (χ0v) is 12.7. The van der Waals surface area contributed by atoms with Crippen molar-refractivity contribution in [2.45, 2.75) is 12.8 Å². The van der Waals surface area contributed by atoms with Crippen molar-refractivity contribution >= 4 is 21.7 Å². The third-order valence-corrected chi connectivity index (χ3v) is 3.98. The third-order valence-electron chi connectivity index (χ3n) is 3.32. The number of benzene rings is 1. The molecule has 1 fully saturated rings. The van der Waals surface area contributed by atoms with Gasteiger partial charge < -0.3 is 15.2 Å². The Labute approximate surface area is 125 Å². The van der Waals surface area contributed by atoms with Gasteiger partial charge in [-0.25, -0.2) is 0 Å². The fourth-order valence-corrected chi connectivity index (χ4v) is 2.57. The Hall–Kier alpha value is -1.69. The lowest BCUT2D eigenvalue weighted by Gasteiger charge is -2.15. The summed E-state index contributed by atoms with van der Waals surface area (Å²) < 4.78 is 12.3. The minimum absolute atomic E-state index is 0.447. The number of H-pyrrole nitrogens is 1. The van der Waals surface area contributed by atoms with E-state index in [1.54, 1.807) is 13.2 Å². The Morgan fingerprint density at radius 2 is 2.25 bits per heavy atom. The lowest BCUT2D eigenvalue weighted by atomic mass is 10.1. The maximum atomic E-state index is 5.98. The van der Waals surface area contributed by atoms with Crippen molar-refractivity contribution in [3.63, 3.8) is 0 Å². The van der Waals surface area contributed by atoms with Crippen LogP contribution in [0.2, 0.25) is 0 Å². The molecule has 6 heteroatoms. The number of ether oxygens (including phenoxy) is 2. The summed E-state index contributed by atoms with van der Waals surface area (Å²) >= 11 is 3.55. The normalized spacial score (nSPS) is 14.3. The lowest BCUT2D eigenvalue weighted by Crippen LogP contribution is -2.03. The topological polar surface area (TPSA) is 73.2 Å². The number of nitrogens with one attached hydrogen (secondary N) is 1. The van der Waals surface area contributed by atoms with Crippen LogP contribution in [0.5, 0.6) is 11.5 Å². The summed E-state index contributed by atoms with van der Waals surface area (Å²) in [4.78, 5) is 0.